The quantitative estimate of drug-likeness (QED) is 0.376. The maximum atomic E-state index is 12.1. The Kier molecular flexibility index (Phi) is 9.60. The van der Waals surface area contributed by atoms with Crippen LogP contribution in [0.15, 0.2) is 12.2 Å². The molecule has 0 aromatic heterocycles. The fourth-order valence-corrected chi connectivity index (χ4v) is 0.668. The van der Waals surface area contributed by atoms with Crippen molar-refractivity contribution in [1.82, 2.24) is 0 Å². The summed E-state index contributed by atoms with van der Waals surface area (Å²) in [6.07, 6.45) is 0. The van der Waals surface area contributed by atoms with Crippen LogP contribution in [-0.2, 0) is 48.0 Å². The molecule has 0 aromatic carbocycles. The number of hydrogen-bond acceptors (Lipinski definition) is 4. The van der Waals surface area contributed by atoms with Gasteiger partial charge in [0.05, 0.1) is 25.4 Å². The molecule has 0 saturated heterocycles. The third-order valence-corrected chi connectivity index (χ3v) is 1.23. The maximum Gasteiger partial charge on any atom is 0.335 e. The molecular weight excluding hydrogens is 398 g/mol. The topological polar surface area (TPSA) is 35.5 Å². The van der Waals surface area contributed by atoms with Crippen molar-refractivity contribution in [1.29, 1.82) is 0 Å². The molecule has 0 saturated carbocycles. The molecule has 0 N–H and O–H groups in total. The van der Waals surface area contributed by atoms with Crippen LogP contribution in [0.25, 0.3) is 0 Å². The van der Waals surface area contributed by atoms with E-state index in [9.17, 15) is 13.6 Å². The molecule has 88 valence electrons. The predicted octanol–water partition coefficient (Wildman–Crippen LogP) is 1.26. The van der Waals surface area contributed by atoms with Crippen molar-refractivity contribution in [2.24, 2.45) is 0 Å². The van der Waals surface area contributed by atoms with E-state index in [4.69, 9.17) is 0 Å². The van der Waals surface area contributed by atoms with Gasteiger partial charge < -0.3 is 22.1 Å². The fourth-order valence-electron chi connectivity index (χ4n) is 0.585. The summed E-state index contributed by atoms with van der Waals surface area (Å²) in [4.78, 5) is 10.9. The van der Waals surface area contributed by atoms with Gasteiger partial charge in [-0.15, -0.1) is 0 Å². The number of rotatable bonds is 6. The molecule has 0 radical (unpaired) electrons. The van der Waals surface area contributed by atoms with Gasteiger partial charge in [-0.05, 0) is 6.92 Å². The maximum absolute atomic E-state index is 12.1. The second-order valence-electron chi connectivity index (χ2n) is 2.45. The zero-order valence-corrected chi connectivity index (χ0v) is 11.9. The number of hydrogen-bond donors (Lipinski definition) is 0. The summed E-state index contributed by atoms with van der Waals surface area (Å²) in [5.74, 6) is -0.653. The van der Waals surface area contributed by atoms with Gasteiger partial charge in [0.25, 0.3) is 0 Å². The number of carbonyl (C=O) groups excluding carboxylic acids is 1. The van der Waals surface area contributed by atoms with Crippen molar-refractivity contribution in [3.63, 3.8) is 0 Å². The van der Waals surface area contributed by atoms with Crippen LogP contribution in [0, 0.1) is 0 Å². The Labute approximate surface area is 107 Å². The standard InChI is InChI=1S/C8H12F2O3S.W/c1-3-13-7(11)6(2)4-12-5-8(9,10)14;/h14H,2-5H2,1H3;/p-1. The fraction of sp³-hybridized carbons (Fsp3) is 0.625. The van der Waals surface area contributed by atoms with E-state index < -0.39 is 17.8 Å². The molecule has 0 unspecified atom stereocenters. The third-order valence-electron chi connectivity index (χ3n) is 1.11. The summed E-state index contributed by atoms with van der Waals surface area (Å²) in [7, 11) is 0. The molecule has 0 spiro atoms. The second kappa shape index (κ2) is 8.25. The van der Waals surface area contributed by atoms with E-state index in [0.29, 0.717) is 0 Å². The number of esters is 1. The summed E-state index contributed by atoms with van der Waals surface area (Å²) in [5, 5.41) is -3.31. The van der Waals surface area contributed by atoms with Crippen LogP contribution in [0.1, 0.15) is 6.92 Å². The Morgan fingerprint density at radius 2 is 2.07 bits per heavy atom. The SMILES string of the molecule is C=C(COCC(F)(F)[S-])C(=O)OCC.[W]. The Balaban J connectivity index is 0. The van der Waals surface area contributed by atoms with Crippen LogP contribution in [0.2, 0.25) is 0 Å². The van der Waals surface area contributed by atoms with Crippen LogP contribution in [0.5, 0.6) is 0 Å². The molecule has 0 aliphatic carbocycles. The summed E-state index contributed by atoms with van der Waals surface area (Å²) >= 11 is 3.75. The smallest absolute Gasteiger partial charge is 0.335 e. The molecule has 0 aliphatic rings. The van der Waals surface area contributed by atoms with Crippen molar-refractivity contribution in [2.75, 3.05) is 19.8 Å². The molecule has 0 rings (SSSR count). The van der Waals surface area contributed by atoms with Crippen LogP contribution < -0.4 is 0 Å². The molecule has 15 heavy (non-hydrogen) atoms. The van der Waals surface area contributed by atoms with Gasteiger partial charge in [-0.25, -0.2) is 13.6 Å². The monoisotopic (exact) mass is 409 g/mol. The molecule has 0 heterocycles. The first kappa shape index (κ1) is 17.5. The van der Waals surface area contributed by atoms with E-state index in [2.05, 4.69) is 28.7 Å². The first-order valence-corrected chi connectivity index (χ1v) is 4.28. The second-order valence-corrected chi connectivity index (χ2v) is 3.05. The van der Waals surface area contributed by atoms with Crippen molar-refractivity contribution < 1.29 is 44.1 Å². The molecule has 0 bridgehead atoms. The van der Waals surface area contributed by atoms with Crippen molar-refractivity contribution in [2.45, 2.75) is 12.2 Å². The van der Waals surface area contributed by atoms with E-state index in [1.807, 2.05) is 0 Å². The molecule has 7 heteroatoms. The Morgan fingerprint density at radius 3 is 2.47 bits per heavy atom. The molecule has 0 fully saturated rings. The summed E-state index contributed by atoms with van der Waals surface area (Å²) < 4.78 is 33.2. The number of alkyl halides is 2. The van der Waals surface area contributed by atoms with E-state index >= 15 is 0 Å². The minimum absolute atomic E-state index is 0. The normalized spacial score (nSPS) is 10.4. The average Bonchev–Trinajstić information content (AvgIpc) is 2.02. The van der Waals surface area contributed by atoms with Gasteiger partial charge in [0.15, 0.2) is 5.25 Å². The average molecular weight is 409 g/mol. The molecule has 3 nitrogen and oxygen atoms in total. The molecule has 0 amide bonds. The van der Waals surface area contributed by atoms with Gasteiger partial charge in [-0.2, -0.15) is 0 Å². The van der Waals surface area contributed by atoms with Gasteiger partial charge in [0.1, 0.15) is 0 Å². The van der Waals surface area contributed by atoms with Crippen LogP contribution in [-0.4, -0.2) is 31.0 Å². The summed E-state index contributed by atoms with van der Waals surface area (Å²) in [6.45, 7) is 3.93. The van der Waals surface area contributed by atoms with Crippen LogP contribution >= 0.6 is 0 Å². The first-order chi connectivity index (χ1) is 6.37. The van der Waals surface area contributed by atoms with Gasteiger partial charge in [0, 0.05) is 21.1 Å². The van der Waals surface area contributed by atoms with Gasteiger partial charge in [0.2, 0.25) is 0 Å². The van der Waals surface area contributed by atoms with Crippen molar-refractivity contribution >= 4 is 18.6 Å². The van der Waals surface area contributed by atoms with E-state index in [-0.39, 0.29) is 39.9 Å². The number of carbonyl (C=O) groups is 1. The van der Waals surface area contributed by atoms with Crippen LogP contribution in [0.4, 0.5) is 8.78 Å². The van der Waals surface area contributed by atoms with Crippen LogP contribution in [0.3, 0.4) is 0 Å². The van der Waals surface area contributed by atoms with E-state index in [1.54, 1.807) is 6.92 Å². The Morgan fingerprint density at radius 1 is 1.53 bits per heavy atom. The van der Waals surface area contributed by atoms with Gasteiger partial charge in [-0.3, -0.25) is 0 Å². The largest absolute Gasteiger partial charge is 0.715 e. The predicted molar refractivity (Wildman–Crippen MR) is 48.9 cm³/mol. The summed E-state index contributed by atoms with van der Waals surface area (Å²) in [6, 6.07) is 0. The Hall–Kier alpha value is 0.0683. The first-order valence-electron chi connectivity index (χ1n) is 3.87. The Bertz CT molecular complexity index is 218. The zero-order valence-electron chi connectivity index (χ0n) is 8.13. The van der Waals surface area contributed by atoms with E-state index in [1.165, 1.54) is 0 Å². The van der Waals surface area contributed by atoms with Gasteiger partial charge >= 0.3 is 5.97 Å². The molecule has 0 aromatic rings. The van der Waals surface area contributed by atoms with E-state index in [0.717, 1.165) is 0 Å². The molecule has 0 atom stereocenters. The summed E-state index contributed by atoms with van der Waals surface area (Å²) in [5.41, 5.74) is -0.00824. The van der Waals surface area contributed by atoms with Gasteiger partial charge in [-0.1, -0.05) is 6.58 Å². The minimum Gasteiger partial charge on any atom is -0.715 e. The number of ether oxygens (including phenoxy) is 2. The molecular formula is C8H11F2O3SW-. The molecule has 0 aliphatic heterocycles. The van der Waals surface area contributed by atoms with Crippen molar-refractivity contribution in [3.05, 3.63) is 12.2 Å². The van der Waals surface area contributed by atoms with Crippen molar-refractivity contribution in [3.8, 4) is 0 Å². The third kappa shape index (κ3) is 10.4. The zero-order chi connectivity index (χ0) is 11.2. The number of halogens is 2. The minimum atomic E-state index is -3.31.